The Hall–Kier alpha value is -8.02. The van der Waals surface area contributed by atoms with Gasteiger partial charge in [-0.25, -0.2) is 14.4 Å². The number of rotatable bonds is 31. The van der Waals surface area contributed by atoms with E-state index in [0.717, 1.165) is 46.2 Å². The third-order valence-corrected chi connectivity index (χ3v) is 11.0. The van der Waals surface area contributed by atoms with Crippen molar-refractivity contribution in [3.63, 3.8) is 0 Å². The predicted molar refractivity (Wildman–Crippen MR) is 285 cm³/mol. The Morgan fingerprint density at radius 3 is 1.04 bits per heavy atom. The van der Waals surface area contributed by atoms with Gasteiger partial charge in [-0.3, -0.25) is 4.79 Å². The minimum absolute atomic E-state index is 0.0896. The van der Waals surface area contributed by atoms with Crippen LogP contribution in [0.4, 0.5) is 0 Å². The Balaban J connectivity index is 0.000000281. The van der Waals surface area contributed by atoms with Crippen LogP contribution in [0.15, 0.2) is 158 Å². The largest absolute Gasteiger partial charge is 0.497 e. The molecule has 0 aliphatic rings. The van der Waals surface area contributed by atoms with Gasteiger partial charge in [0.25, 0.3) is 0 Å². The lowest BCUT2D eigenvalue weighted by molar-refractivity contribution is -0.149. The second-order valence-corrected chi connectivity index (χ2v) is 16.3. The summed E-state index contributed by atoms with van der Waals surface area (Å²) in [6, 6.07) is 43.6. The summed E-state index contributed by atoms with van der Waals surface area (Å²) in [5.41, 5.74) is 4.93. The first-order chi connectivity index (χ1) is 37.1. The number of benzene rings is 6. The van der Waals surface area contributed by atoms with Gasteiger partial charge in [-0.2, -0.15) is 0 Å². The van der Waals surface area contributed by atoms with E-state index in [1.54, 1.807) is 87.0 Å². The molecule has 402 valence electrons. The second-order valence-electron chi connectivity index (χ2n) is 16.3. The highest BCUT2D eigenvalue weighted by Crippen LogP contribution is 2.27. The molecular weight excluding hydrogens is 977 g/mol. The van der Waals surface area contributed by atoms with Crippen molar-refractivity contribution in [1.29, 1.82) is 0 Å². The van der Waals surface area contributed by atoms with Crippen LogP contribution in [-0.4, -0.2) is 117 Å². The second kappa shape index (κ2) is 33.7. The summed E-state index contributed by atoms with van der Waals surface area (Å²) in [5, 5.41) is 0. The van der Waals surface area contributed by atoms with Crippen molar-refractivity contribution < 1.29 is 76.0 Å². The van der Waals surface area contributed by atoms with E-state index in [1.807, 2.05) is 86.6 Å². The van der Waals surface area contributed by atoms with Crippen LogP contribution in [0.25, 0.3) is 22.3 Å². The summed E-state index contributed by atoms with van der Waals surface area (Å²) in [6.07, 6.45) is 1.86. The van der Waals surface area contributed by atoms with Gasteiger partial charge in [-0.15, -0.1) is 0 Å². The van der Waals surface area contributed by atoms with Gasteiger partial charge in [0.2, 0.25) is 0 Å². The molecule has 0 heterocycles. The average Bonchev–Trinajstić information content (AvgIpc) is 3.46. The van der Waals surface area contributed by atoms with E-state index in [2.05, 4.69) is 6.58 Å². The molecule has 76 heavy (non-hydrogen) atoms. The van der Waals surface area contributed by atoms with Crippen LogP contribution in [0.3, 0.4) is 0 Å². The molecule has 0 amide bonds. The van der Waals surface area contributed by atoms with Crippen molar-refractivity contribution >= 4 is 23.9 Å². The fourth-order valence-corrected chi connectivity index (χ4v) is 6.56. The first-order valence-corrected chi connectivity index (χ1v) is 24.7. The van der Waals surface area contributed by atoms with E-state index in [-0.39, 0.29) is 25.1 Å². The zero-order chi connectivity index (χ0) is 54.2. The van der Waals surface area contributed by atoms with Gasteiger partial charge < -0.3 is 56.8 Å². The van der Waals surface area contributed by atoms with E-state index in [9.17, 15) is 19.2 Å². The zero-order valence-electron chi connectivity index (χ0n) is 43.4. The molecule has 6 rings (SSSR count). The summed E-state index contributed by atoms with van der Waals surface area (Å²) in [6.45, 7) is 11.2. The molecule has 6 aromatic carbocycles. The van der Waals surface area contributed by atoms with Gasteiger partial charge in [-0.1, -0.05) is 69.0 Å². The lowest BCUT2D eigenvalue weighted by Gasteiger charge is -2.10. The maximum atomic E-state index is 12.5. The molecular formula is C60H66O16. The third kappa shape index (κ3) is 21.4. The Labute approximate surface area is 444 Å². The molecule has 1 atom stereocenters. The molecule has 0 bridgehead atoms. The average molecular weight is 1040 g/mol. The van der Waals surface area contributed by atoms with E-state index >= 15 is 0 Å². The SMILES string of the molecule is C=CC(=O)OCCOCCOCCOc1ccc(C(=O)Oc2ccc(-c3ccc(OC)cc3)cc2)cc1.CCC(C)C(=O)OCCOCCOCCOc1ccc(C(=O)Oc2ccc(-c3ccc(OC)cc3)cc2)cc1. The van der Waals surface area contributed by atoms with Crippen LogP contribution in [0.2, 0.25) is 0 Å². The Kier molecular flexibility index (Phi) is 26.1. The van der Waals surface area contributed by atoms with Gasteiger partial charge in [-0.05, 0) is 126 Å². The molecule has 0 fully saturated rings. The van der Waals surface area contributed by atoms with Gasteiger partial charge in [0.15, 0.2) is 0 Å². The first-order valence-electron chi connectivity index (χ1n) is 24.7. The number of methoxy groups -OCH3 is 2. The summed E-state index contributed by atoms with van der Waals surface area (Å²) >= 11 is 0. The lowest BCUT2D eigenvalue weighted by Crippen LogP contribution is -2.18. The number of esters is 4. The summed E-state index contributed by atoms with van der Waals surface area (Å²) < 4.78 is 64.1. The molecule has 0 N–H and O–H groups in total. The highest BCUT2D eigenvalue weighted by Gasteiger charge is 2.13. The van der Waals surface area contributed by atoms with E-state index in [4.69, 9.17) is 56.8 Å². The molecule has 0 radical (unpaired) electrons. The standard InChI is InChI=1S/C31H36O8.C29H30O8/c1-4-23(2)30(32)38-22-20-36-18-17-35-19-21-37-28-13-9-26(10-14-28)31(33)39-29-15-7-25(8-16-29)24-5-11-27(34-3)12-6-24;1-3-28(30)36-21-19-34-17-16-33-18-20-35-26-12-8-24(9-13-26)29(31)37-27-14-6-23(7-15-27)22-4-10-25(32-2)11-5-22/h5-16,23H,4,17-22H2,1-3H3;3-15H,1,16-21H2,2H3. The molecule has 1 unspecified atom stereocenters. The van der Waals surface area contributed by atoms with Gasteiger partial charge in [0.05, 0.1) is 84.1 Å². The van der Waals surface area contributed by atoms with Crippen LogP contribution < -0.4 is 28.4 Å². The van der Waals surface area contributed by atoms with Crippen LogP contribution in [0.5, 0.6) is 34.5 Å². The number of carbonyl (C=O) groups is 4. The van der Waals surface area contributed by atoms with Crippen molar-refractivity contribution in [3.8, 4) is 56.8 Å². The third-order valence-electron chi connectivity index (χ3n) is 11.0. The van der Waals surface area contributed by atoms with Gasteiger partial charge in [0.1, 0.15) is 60.9 Å². The number of hydrogen-bond acceptors (Lipinski definition) is 16. The zero-order valence-corrected chi connectivity index (χ0v) is 43.4. The van der Waals surface area contributed by atoms with Crippen molar-refractivity contribution in [2.45, 2.75) is 20.3 Å². The van der Waals surface area contributed by atoms with Crippen LogP contribution in [0, 0.1) is 5.92 Å². The van der Waals surface area contributed by atoms with E-state index in [1.165, 1.54) is 0 Å². The maximum Gasteiger partial charge on any atom is 0.343 e. The Morgan fingerprint density at radius 2 is 0.711 bits per heavy atom. The molecule has 0 aromatic heterocycles. The number of hydrogen-bond donors (Lipinski definition) is 0. The molecule has 0 saturated carbocycles. The van der Waals surface area contributed by atoms with Crippen molar-refractivity contribution in [3.05, 3.63) is 169 Å². The maximum absolute atomic E-state index is 12.5. The molecule has 0 spiro atoms. The topological polar surface area (TPSA) is 179 Å². The Bertz CT molecular complexity index is 2630. The van der Waals surface area contributed by atoms with Crippen molar-refractivity contribution in [1.82, 2.24) is 0 Å². The van der Waals surface area contributed by atoms with E-state index in [0.29, 0.717) is 100 Å². The smallest absolute Gasteiger partial charge is 0.343 e. The predicted octanol–water partition coefficient (Wildman–Crippen LogP) is 10.3. The molecule has 16 nitrogen and oxygen atoms in total. The molecule has 6 aromatic rings. The first kappa shape index (κ1) is 58.9. The molecule has 0 saturated heterocycles. The van der Waals surface area contributed by atoms with Gasteiger partial charge >= 0.3 is 23.9 Å². The minimum Gasteiger partial charge on any atom is -0.497 e. The fourth-order valence-electron chi connectivity index (χ4n) is 6.56. The van der Waals surface area contributed by atoms with Gasteiger partial charge in [0, 0.05) is 6.08 Å². The highest BCUT2D eigenvalue weighted by atomic mass is 16.6. The molecule has 0 aliphatic carbocycles. The summed E-state index contributed by atoms with van der Waals surface area (Å²) in [5.74, 6) is 2.09. The van der Waals surface area contributed by atoms with Crippen LogP contribution in [-0.2, 0) is 38.0 Å². The summed E-state index contributed by atoms with van der Waals surface area (Å²) in [4.78, 5) is 47.4. The molecule has 0 aliphatic heterocycles. The lowest BCUT2D eigenvalue weighted by atomic mass is 10.1. The minimum atomic E-state index is -0.474. The van der Waals surface area contributed by atoms with Crippen molar-refractivity contribution in [2.24, 2.45) is 5.92 Å². The molecule has 16 heteroatoms. The fraction of sp³-hybridized carbons (Fsp3) is 0.300. The number of carbonyl (C=O) groups excluding carboxylic acids is 4. The normalized spacial score (nSPS) is 10.9. The van der Waals surface area contributed by atoms with Crippen LogP contribution in [0.1, 0.15) is 41.0 Å². The monoisotopic (exact) mass is 1040 g/mol. The quantitative estimate of drug-likeness (QED) is 0.0174. The summed E-state index contributed by atoms with van der Waals surface area (Å²) in [7, 11) is 3.26. The van der Waals surface area contributed by atoms with Crippen LogP contribution >= 0.6 is 0 Å². The number of ether oxygens (including phenoxy) is 12. The highest BCUT2D eigenvalue weighted by molar-refractivity contribution is 5.92. The Morgan fingerprint density at radius 1 is 0.408 bits per heavy atom. The van der Waals surface area contributed by atoms with E-state index < -0.39 is 17.9 Å². The van der Waals surface area contributed by atoms with Crippen molar-refractivity contribution in [2.75, 3.05) is 93.5 Å².